The number of carbonyl (C=O) groups excluding carboxylic acids is 1. The van der Waals surface area contributed by atoms with Crippen LogP contribution in [0.15, 0.2) is 0 Å². The summed E-state index contributed by atoms with van der Waals surface area (Å²) in [5.41, 5.74) is 0. The summed E-state index contributed by atoms with van der Waals surface area (Å²) in [6.45, 7) is 9.78. The minimum atomic E-state index is 0.119. The number of likely N-dealkylation sites (tertiary alicyclic amines) is 1. The van der Waals surface area contributed by atoms with Gasteiger partial charge in [-0.2, -0.15) is 0 Å². The molecule has 2 rings (SSSR count). The summed E-state index contributed by atoms with van der Waals surface area (Å²) >= 11 is 0. The van der Waals surface area contributed by atoms with Gasteiger partial charge in [-0.05, 0) is 37.0 Å². The van der Waals surface area contributed by atoms with E-state index in [9.17, 15) is 4.79 Å². The van der Waals surface area contributed by atoms with Gasteiger partial charge >= 0.3 is 0 Å². The van der Waals surface area contributed by atoms with E-state index in [0.29, 0.717) is 12.0 Å². The fourth-order valence-electron chi connectivity index (χ4n) is 3.30. The molecule has 0 aromatic rings. The third kappa shape index (κ3) is 3.71. The van der Waals surface area contributed by atoms with Gasteiger partial charge in [-0.1, -0.05) is 20.3 Å². The Morgan fingerprint density at radius 3 is 2.56 bits per heavy atom. The van der Waals surface area contributed by atoms with Gasteiger partial charge < -0.3 is 10.2 Å². The Morgan fingerprint density at radius 2 is 2.06 bits per heavy atom. The molecule has 1 amide bonds. The molecule has 1 aliphatic heterocycles. The lowest BCUT2D eigenvalue weighted by atomic mass is 9.82. The maximum Gasteiger partial charge on any atom is 0.217 e. The summed E-state index contributed by atoms with van der Waals surface area (Å²) in [6.07, 6.45) is 5.39. The van der Waals surface area contributed by atoms with Crippen LogP contribution in [0.3, 0.4) is 0 Å². The topological polar surface area (TPSA) is 32.3 Å². The number of amides is 1. The van der Waals surface area contributed by atoms with Crippen LogP contribution in [0, 0.1) is 17.8 Å². The predicted molar refractivity (Wildman–Crippen MR) is 74.3 cm³/mol. The fraction of sp³-hybridized carbons (Fsp3) is 0.933. The van der Waals surface area contributed by atoms with Crippen LogP contribution >= 0.6 is 0 Å². The van der Waals surface area contributed by atoms with E-state index in [2.05, 4.69) is 24.1 Å². The minimum absolute atomic E-state index is 0.119. The van der Waals surface area contributed by atoms with Gasteiger partial charge in [0.25, 0.3) is 0 Å². The van der Waals surface area contributed by atoms with Crippen molar-refractivity contribution in [2.45, 2.75) is 52.5 Å². The molecule has 104 valence electrons. The number of hydrogen-bond acceptors (Lipinski definition) is 2. The average molecular weight is 252 g/mol. The molecule has 2 atom stereocenters. The SMILES string of the molecule is CC(=O)NC1CC(C(C)C)CN(CC2CCC2)C1. The summed E-state index contributed by atoms with van der Waals surface area (Å²) in [5, 5.41) is 3.13. The van der Waals surface area contributed by atoms with Crippen LogP contribution in [0.2, 0.25) is 0 Å². The van der Waals surface area contributed by atoms with Crippen LogP contribution in [0.25, 0.3) is 0 Å². The summed E-state index contributed by atoms with van der Waals surface area (Å²) in [4.78, 5) is 13.9. The van der Waals surface area contributed by atoms with Crippen molar-refractivity contribution in [2.75, 3.05) is 19.6 Å². The molecule has 2 fully saturated rings. The molecule has 1 heterocycles. The first-order valence-corrected chi connectivity index (χ1v) is 7.54. The van der Waals surface area contributed by atoms with E-state index in [1.807, 2.05) is 0 Å². The van der Waals surface area contributed by atoms with Crippen molar-refractivity contribution >= 4 is 5.91 Å². The van der Waals surface area contributed by atoms with Gasteiger partial charge in [0.05, 0.1) is 0 Å². The van der Waals surface area contributed by atoms with Crippen LogP contribution in [0.5, 0.6) is 0 Å². The Labute approximate surface area is 111 Å². The lowest BCUT2D eigenvalue weighted by molar-refractivity contribution is -0.120. The molecule has 2 unspecified atom stereocenters. The Hall–Kier alpha value is -0.570. The molecule has 3 heteroatoms. The standard InChI is InChI=1S/C15H28N2O/c1-11(2)14-7-15(16-12(3)18)10-17(9-14)8-13-5-4-6-13/h11,13-15H,4-10H2,1-3H3,(H,16,18). The molecule has 0 aromatic heterocycles. The normalized spacial score (nSPS) is 30.2. The Morgan fingerprint density at radius 1 is 1.33 bits per heavy atom. The maximum atomic E-state index is 11.3. The molecular weight excluding hydrogens is 224 g/mol. The number of hydrogen-bond donors (Lipinski definition) is 1. The van der Waals surface area contributed by atoms with Crippen LogP contribution in [-0.4, -0.2) is 36.5 Å². The predicted octanol–water partition coefficient (Wildman–Crippen LogP) is 2.27. The first-order valence-electron chi connectivity index (χ1n) is 7.54. The summed E-state index contributed by atoms with van der Waals surface area (Å²) in [5.74, 6) is 2.49. The van der Waals surface area contributed by atoms with E-state index >= 15 is 0 Å². The van der Waals surface area contributed by atoms with Crippen molar-refractivity contribution < 1.29 is 4.79 Å². The van der Waals surface area contributed by atoms with Crippen LogP contribution in [-0.2, 0) is 4.79 Å². The molecule has 2 aliphatic rings. The highest BCUT2D eigenvalue weighted by atomic mass is 16.1. The van der Waals surface area contributed by atoms with E-state index < -0.39 is 0 Å². The highest BCUT2D eigenvalue weighted by Gasteiger charge is 2.31. The van der Waals surface area contributed by atoms with Crippen molar-refractivity contribution in [3.8, 4) is 0 Å². The van der Waals surface area contributed by atoms with Crippen LogP contribution in [0.1, 0.15) is 46.5 Å². The third-order valence-corrected chi connectivity index (χ3v) is 4.65. The summed E-state index contributed by atoms with van der Waals surface area (Å²) in [7, 11) is 0. The lowest BCUT2D eigenvalue weighted by Gasteiger charge is -2.42. The van der Waals surface area contributed by atoms with Crippen LogP contribution < -0.4 is 5.32 Å². The number of piperidine rings is 1. The van der Waals surface area contributed by atoms with E-state index in [0.717, 1.165) is 24.8 Å². The van der Waals surface area contributed by atoms with Crippen molar-refractivity contribution in [1.29, 1.82) is 0 Å². The summed E-state index contributed by atoms with van der Waals surface area (Å²) < 4.78 is 0. The van der Waals surface area contributed by atoms with E-state index in [1.54, 1.807) is 6.92 Å². The molecule has 1 aliphatic carbocycles. The molecule has 1 N–H and O–H groups in total. The monoisotopic (exact) mass is 252 g/mol. The quantitative estimate of drug-likeness (QED) is 0.832. The number of carbonyl (C=O) groups is 1. The Kier molecular flexibility index (Phi) is 4.66. The molecule has 18 heavy (non-hydrogen) atoms. The first kappa shape index (κ1) is 13.9. The zero-order chi connectivity index (χ0) is 13.1. The van der Waals surface area contributed by atoms with Crippen molar-refractivity contribution in [3.05, 3.63) is 0 Å². The van der Waals surface area contributed by atoms with Gasteiger partial charge in [0.1, 0.15) is 0 Å². The van der Waals surface area contributed by atoms with E-state index in [4.69, 9.17) is 0 Å². The minimum Gasteiger partial charge on any atom is -0.352 e. The van der Waals surface area contributed by atoms with Crippen molar-refractivity contribution in [2.24, 2.45) is 17.8 Å². The van der Waals surface area contributed by atoms with E-state index in [1.165, 1.54) is 32.4 Å². The number of nitrogens with zero attached hydrogens (tertiary/aromatic N) is 1. The van der Waals surface area contributed by atoms with Gasteiger partial charge in [-0.15, -0.1) is 0 Å². The number of nitrogens with one attached hydrogen (secondary N) is 1. The van der Waals surface area contributed by atoms with Crippen molar-refractivity contribution in [1.82, 2.24) is 10.2 Å². The van der Waals surface area contributed by atoms with Crippen molar-refractivity contribution in [3.63, 3.8) is 0 Å². The summed E-state index contributed by atoms with van der Waals surface area (Å²) in [6, 6.07) is 0.365. The molecule has 1 saturated carbocycles. The fourth-order valence-corrected chi connectivity index (χ4v) is 3.30. The molecule has 0 aromatic carbocycles. The Bertz CT molecular complexity index is 286. The maximum absolute atomic E-state index is 11.3. The zero-order valence-corrected chi connectivity index (χ0v) is 12.1. The highest BCUT2D eigenvalue weighted by molar-refractivity contribution is 5.73. The lowest BCUT2D eigenvalue weighted by Crippen LogP contribution is -2.52. The van der Waals surface area contributed by atoms with E-state index in [-0.39, 0.29) is 5.91 Å². The van der Waals surface area contributed by atoms with Crippen LogP contribution in [0.4, 0.5) is 0 Å². The van der Waals surface area contributed by atoms with Gasteiger partial charge in [-0.25, -0.2) is 0 Å². The molecule has 0 spiro atoms. The van der Waals surface area contributed by atoms with Gasteiger partial charge in [0.15, 0.2) is 0 Å². The average Bonchev–Trinajstić information content (AvgIpc) is 2.22. The number of rotatable bonds is 4. The zero-order valence-electron chi connectivity index (χ0n) is 12.1. The van der Waals surface area contributed by atoms with Gasteiger partial charge in [0.2, 0.25) is 5.91 Å². The smallest absolute Gasteiger partial charge is 0.217 e. The second kappa shape index (κ2) is 6.05. The molecular formula is C15H28N2O. The first-order chi connectivity index (χ1) is 8.54. The van der Waals surface area contributed by atoms with Gasteiger partial charge in [-0.3, -0.25) is 4.79 Å². The second-order valence-corrected chi connectivity index (χ2v) is 6.65. The molecule has 0 bridgehead atoms. The largest absolute Gasteiger partial charge is 0.352 e. The highest BCUT2D eigenvalue weighted by Crippen LogP contribution is 2.30. The second-order valence-electron chi connectivity index (χ2n) is 6.65. The third-order valence-electron chi connectivity index (χ3n) is 4.65. The Balaban J connectivity index is 1.89. The van der Waals surface area contributed by atoms with Gasteiger partial charge in [0, 0.05) is 32.6 Å². The molecule has 3 nitrogen and oxygen atoms in total. The molecule has 0 radical (unpaired) electrons. The molecule has 1 saturated heterocycles.